The fraction of sp³-hybridized carbons (Fsp3) is 0.571. The molecule has 1 atom stereocenters. The molecule has 0 saturated carbocycles. The Morgan fingerprint density at radius 1 is 1.35 bits per heavy atom. The van der Waals surface area contributed by atoms with Crippen molar-refractivity contribution in [1.29, 1.82) is 0 Å². The molecule has 0 aromatic heterocycles. The molecule has 1 heterocycles. The van der Waals surface area contributed by atoms with Gasteiger partial charge in [0.1, 0.15) is 0 Å². The maximum absolute atomic E-state index is 9.45. The molecule has 1 aliphatic heterocycles. The van der Waals surface area contributed by atoms with E-state index in [0.29, 0.717) is 6.04 Å². The van der Waals surface area contributed by atoms with Crippen LogP contribution >= 0.6 is 0 Å². The first kappa shape index (κ1) is 12.4. The van der Waals surface area contributed by atoms with Gasteiger partial charge < -0.3 is 14.9 Å². The summed E-state index contributed by atoms with van der Waals surface area (Å²) < 4.78 is 0. The third-order valence-electron chi connectivity index (χ3n) is 3.71. The zero-order valence-corrected chi connectivity index (χ0v) is 11.0. The Hall–Kier alpha value is -1.06. The average Bonchev–Trinajstić information content (AvgIpc) is 2.32. The highest BCUT2D eigenvalue weighted by Gasteiger charge is 2.22. The fourth-order valence-corrected chi connectivity index (χ4v) is 2.42. The molecule has 0 spiro atoms. The van der Waals surface area contributed by atoms with Gasteiger partial charge in [0.25, 0.3) is 0 Å². The van der Waals surface area contributed by atoms with Crippen LogP contribution in [-0.4, -0.2) is 42.7 Å². The number of aliphatic hydroxyl groups is 1. The predicted molar refractivity (Wildman–Crippen MR) is 71.4 cm³/mol. The van der Waals surface area contributed by atoms with Gasteiger partial charge >= 0.3 is 0 Å². The first-order valence-corrected chi connectivity index (χ1v) is 6.27. The Morgan fingerprint density at radius 3 is 2.76 bits per heavy atom. The summed E-state index contributed by atoms with van der Waals surface area (Å²) in [6.07, 6.45) is 0. The molecule has 1 aliphatic rings. The van der Waals surface area contributed by atoms with Crippen LogP contribution < -0.4 is 4.90 Å². The highest BCUT2D eigenvalue weighted by atomic mass is 16.3. The molecule has 1 fully saturated rings. The van der Waals surface area contributed by atoms with E-state index in [4.69, 9.17) is 0 Å². The lowest BCUT2D eigenvalue weighted by Gasteiger charge is -2.39. The summed E-state index contributed by atoms with van der Waals surface area (Å²) in [4.78, 5) is 4.76. The number of aryl methyl sites for hydroxylation is 1. The van der Waals surface area contributed by atoms with Crippen molar-refractivity contribution in [2.24, 2.45) is 0 Å². The van der Waals surface area contributed by atoms with Crippen LogP contribution in [0.2, 0.25) is 0 Å². The van der Waals surface area contributed by atoms with E-state index >= 15 is 0 Å². The summed E-state index contributed by atoms with van der Waals surface area (Å²) >= 11 is 0. The second kappa shape index (κ2) is 5.07. The van der Waals surface area contributed by atoms with Crippen molar-refractivity contribution in [2.45, 2.75) is 26.5 Å². The number of hydrogen-bond donors (Lipinski definition) is 1. The van der Waals surface area contributed by atoms with E-state index < -0.39 is 0 Å². The van der Waals surface area contributed by atoms with Crippen LogP contribution in [0.1, 0.15) is 18.1 Å². The monoisotopic (exact) mass is 234 g/mol. The van der Waals surface area contributed by atoms with E-state index in [1.165, 1.54) is 11.3 Å². The van der Waals surface area contributed by atoms with Gasteiger partial charge in [0.15, 0.2) is 0 Å². The topological polar surface area (TPSA) is 26.7 Å². The van der Waals surface area contributed by atoms with Crippen molar-refractivity contribution in [1.82, 2.24) is 4.90 Å². The van der Waals surface area contributed by atoms with Crippen LogP contribution in [0.15, 0.2) is 18.2 Å². The first-order valence-electron chi connectivity index (χ1n) is 6.27. The van der Waals surface area contributed by atoms with Crippen molar-refractivity contribution < 1.29 is 5.11 Å². The number of hydrogen-bond acceptors (Lipinski definition) is 3. The minimum Gasteiger partial charge on any atom is -0.392 e. The van der Waals surface area contributed by atoms with Crippen LogP contribution in [0.4, 0.5) is 5.69 Å². The van der Waals surface area contributed by atoms with Crippen molar-refractivity contribution >= 4 is 5.69 Å². The van der Waals surface area contributed by atoms with E-state index in [9.17, 15) is 5.11 Å². The minimum absolute atomic E-state index is 0.123. The molecular formula is C14H22N2O. The van der Waals surface area contributed by atoms with E-state index in [2.05, 4.69) is 48.9 Å². The number of aliphatic hydroxyl groups excluding tert-OH is 1. The molecular weight excluding hydrogens is 212 g/mol. The molecule has 1 saturated heterocycles. The maximum atomic E-state index is 9.45. The quantitative estimate of drug-likeness (QED) is 0.842. The zero-order chi connectivity index (χ0) is 12.4. The highest BCUT2D eigenvalue weighted by molar-refractivity contribution is 5.55. The van der Waals surface area contributed by atoms with Gasteiger partial charge in [-0.3, -0.25) is 0 Å². The molecule has 0 radical (unpaired) electrons. The van der Waals surface area contributed by atoms with E-state index in [1.807, 2.05) is 0 Å². The first-order chi connectivity index (χ1) is 8.11. The average molecular weight is 234 g/mol. The van der Waals surface area contributed by atoms with Gasteiger partial charge in [0.2, 0.25) is 0 Å². The minimum atomic E-state index is 0.123. The van der Waals surface area contributed by atoms with Crippen LogP contribution in [0.25, 0.3) is 0 Å². The summed E-state index contributed by atoms with van der Waals surface area (Å²) in [5.74, 6) is 0. The Bertz CT molecular complexity index is 392. The van der Waals surface area contributed by atoms with E-state index in [1.54, 1.807) is 0 Å². The molecule has 0 amide bonds. The van der Waals surface area contributed by atoms with E-state index in [0.717, 1.165) is 25.2 Å². The number of anilines is 1. The van der Waals surface area contributed by atoms with Gasteiger partial charge in [-0.25, -0.2) is 0 Å². The second-order valence-electron chi connectivity index (χ2n) is 5.07. The summed E-state index contributed by atoms with van der Waals surface area (Å²) in [6.45, 7) is 7.59. The van der Waals surface area contributed by atoms with Gasteiger partial charge in [0, 0.05) is 36.9 Å². The molecule has 94 valence electrons. The molecule has 17 heavy (non-hydrogen) atoms. The zero-order valence-electron chi connectivity index (χ0n) is 11.0. The second-order valence-corrected chi connectivity index (χ2v) is 5.07. The normalized spacial score (nSPS) is 21.9. The van der Waals surface area contributed by atoms with Crippen LogP contribution in [0, 0.1) is 6.92 Å². The van der Waals surface area contributed by atoms with Crippen molar-refractivity contribution in [3.8, 4) is 0 Å². The third-order valence-corrected chi connectivity index (χ3v) is 3.71. The summed E-state index contributed by atoms with van der Waals surface area (Å²) in [7, 11) is 2.17. The number of rotatable bonds is 2. The number of nitrogens with zero attached hydrogens (tertiary/aromatic N) is 2. The predicted octanol–water partition coefficient (Wildman–Crippen LogP) is 1.63. The summed E-state index contributed by atoms with van der Waals surface area (Å²) in [5.41, 5.74) is 3.44. The lowest BCUT2D eigenvalue weighted by molar-refractivity contribution is 0.233. The summed E-state index contributed by atoms with van der Waals surface area (Å²) in [5, 5.41) is 9.45. The van der Waals surface area contributed by atoms with Gasteiger partial charge in [-0.15, -0.1) is 0 Å². The molecule has 3 heteroatoms. The molecule has 1 aromatic rings. The Labute approximate surface area is 104 Å². The molecule has 3 nitrogen and oxygen atoms in total. The van der Waals surface area contributed by atoms with Gasteiger partial charge in [-0.2, -0.15) is 0 Å². The van der Waals surface area contributed by atoms with Crippen LogP contribution in [-0.2, 0) is 6.61 Å². The molecule has 1 aromatic carbocycles. The van der Waals surface area contributed by atoms with Gasteiger partial charge in [0.05, 0.1) is 6.61 Å². The molecule has 1 N–H and O–H groups in total. The van der Waals surface area contributed by atoms with E-state index in [-0.39, 0.29) is 6.61 Å². The van der Waals surface area contributed by atoms with Crippen LogP contribution in [0.5, 0.6) is 0 Å². The fourth-order valence-electron chi connectivity index (χ4n) is 2.42. The van der Waals surface area contributed by atoms with Crippen molar-refractivity contribution in [2.75, 3.05) is 31.6 Å². The smallest absolute Gasteiger partial charge is 0.0702 e. The SMILES string of the molecule is Cc1ccc(N2CCN(C)[C@H](C)C2)c(CO)c1. The third kappa shape index (κ3) is 2.61. The molecule has 2 rings (SSSR count). The Balaban J connectivity index is 2.22. The molecule has 0 bridgehead atoms. The largest absolute Gasteiger partial charge is 0.392 e. The standard InChI is InChI=1S/C14H22N2O/c1-11-4-5-14(13(8-11)10-17)16-7-6-15(3)12(2)9-16/h4-5,8,12,17H,6-7,9-10H2,1-3H3/t12-/m1/s1. The summed E-state index contributed by atoms with van der Waals surface area (Å²) in [6, 6.07) is 6.91. The maximum Gasteiger partial charge on any atom is 0.0702 e. The van der Waals surface area contributed by atoms with Crippen molar-refractivity contribution in [3.63, 3.8) is 0 Å². The van der Waals surface area contributed by atoms with Gasteiger partial charge in [-0.05, 0) is 27.0 Å². The lowest BCUT2D eigenvalue weighted by atomic mass is 10.1. The number of benzene rings is 1. The molecule has 0 unspecified atom stereocenters. The lowest BCUT2D eigenvalue weighted by Crippen LogP contribution is -2.50. The Morgan fingerprint density at radius 2 is 2.12 bits per heavy atom. The number of piperazine rings is 1. The van der Waals surface area contributed by atoms with Crippen LogP contribution in [0.3, 0.4) is 0 Å². The van der Waals surface area contributed by atoms with Gasteiger partial charge in [-0.1, -0.05) is 17.7 Å². The Kier molecular flexibility index (Phi) is 3.69. The highest BCUT2D eigenvalue weighted by Crippen LogP contribution is 2.24. The van der Waals surface area contributed by atoms with Crippen molar-refractivity contribution in [3.05, 3.63) is 29.3 Å². The number of likely N-dealkylation sites (N-methyl/N-ethyl adjacent to an activating group) is 1. The molecule has 0 aliphatic carbocycles.